The standard InChI is InChI=1S/C10H15.2ClH.Ti/c1-3-4-7-10-8-5-6-9(10)2;;;/h5-6,8H,3-4,7H2,1-2H3;2*1H;/q-1;;;+3/p-2. The number of hydrogen-bond acceptors (Lipinski definition) is 0. The third kappa shape index (κ3) is 6.68. The van der Waals surface area contributed by atoms with Gasteiger partial charge in [-0.05, 0) is 0 Å². The fraction of sp³-hybridized carbons (Fsp3) is 0.500. The van der Waals surface area contributed by atoms with Crippen LogP contribution in [0.3, 0.4) is 0 Å². The molecule has 1 radical (unpaired) electrons. The van der Waals surface area contributed by atoms with Gasteiger partial charge in [0.1, 0.15) is 0 Å². The Balaban J connectivity index is -0.000000333. The van der Waals surface area contributed by atoms with Crippen molar-refractivity contribution in [2.24, 2.45) is 0 Å². The molecule has 0 aliphatic rings. The molecule has 3 heteroatoms. The maximum atomic E-state index is 2.23. The summed E-state index contributed by atoms with van der Waals surface area (Å²) in [5.74, 6) is 0. The fourth-order valence-corrected chi connectivity index (χ4v) is 1.19. The predicted octanol–water partition coefficient (Wildman–Crippen LogP) is -2.94. The Morgan fingerprint density at radius 2 is 1.92 bits per heavy atom. The van der Waals surface area contributed by atoms with Crippen molar-refractivity contribution in [2.75, 3.05) is 0 Å². The van der Waals surface area contributed by atoms with Gasteiger partial charge in [-0.2, -0.15) is 17.2 Å². The van der Waals surface area contributed by atoms with E-state index < -0.39 is 0 Å². The zero-order chi connectivity index (χ0) is 7.40. The molecule has 1 aromatic carbocycles. The summed E-state index contributed by atoms with van der Waals surface area (Å²) in [6, 6.07) is 6.55. The molecule has 0 aliphatic carbocycles. The number of aryl methyl sites for hydroxylation is 2. The first kappa shape index (κ1) is 19.3. The largest absolute Gasteiger partial charge is 3.00 e. The van der Waals surface area contributed by atoms with Gasteiger partial charge in [-0.1, -0.05) is 33.1 Å². The van der Waals surface area contributed by atoms with Crippen molar-refractivity contribution < 1.29 is 46.5 Å². The molecule has 1 aromatic rings. The molecule has 0 aromatic heterocycles. The Kier molecular flexibility index (Phi) is 15.9. The summed E-state index contributed by atoms with van der Waals surface area (Å²) in [6.07, 6.45) is 3.88. The van der Waals surface area contributed by atoms with Crippen LogP contribution >= 0.6 is 0 Å². The van der Waals surface area contributed by atoms with Gasteiger partial charge in [0.2, 0.25) is 0 Å². The SMILES string of the molecule is CCCCc1ccc[c-]1C.[Cl-].[Cl-].[Ti+3]. The van der Waals surface area contributed by atoms with Crippen molar-refractivity contribution in [3.63, 3.8) is 0 Å². The molecule has 0 spiro atoms. The van der Waals surface area contributed by atoms with Crippen LogP contribution in [0.25, 0.3) is 0 Å². The number of hydrogen-bond donors (Lipinski definition) is 0. The maximum Gasteiger partial charge on any atom is 3.00 e. The van der Waals surface area contributed by atoms with E-state index in [0.717, 1.165) is 0 Å². The van der Waals surface area contributed by atoms with Crippen LogP contribution in [-0.4, -0.2) is 0 Å². The average molecular weight is 254 g/mol. The molecule has 0 saturated heterocycles. The number of unbranched alkanes of at least 4 members (excludes halogenated alkanes) is 1. The van der Waals surface area contributed by atoms with Crippen LogP contribution in [0.4, 0.5) is 0 Å². The molecular formula is C10H15Cl2Ti. The van der Waals surface area contributed by atoms with Gasteiger partial charge in [0, 0.05) is 0 Å². The van der Waals surface area contributed by atoms with E-state index in [-0.39, 0.29) is 46.5 Å². The third-order valence-corrected chi connectivity index (χ3v) is 1.95. The van der Waals surface area contributed by atoms with E-state index in [1.165, 1.54) is 30.4 Å². The smallest absolute Gasteiger partial charge is 1.00 e. The molecule has 0 bridgehead atoms. The van der Waals surface area contributed by atoms with Gasteiger partial charge < -0.3 is 24.8 Å². The van der Waals surface area contributed by atoms with Crippen LogP contribution in [0.15, 0.2) is 18.2 Å². The zero-order valence-electron chi connectivity index (χ0n) is 8.11. The van der Waals surface area contributed by atoms with Crippen LogP contribution < -0.4 is 24.8 Å². The van der Waals surface area contributed by atoms with Crippen LogP contribution in [0.1, 0.15) is 30.9 Å². The molecule has 1 rings (SSSR count). The van der Waals surface area contributed by atoms with Crippen LogP contribution in [0.5, 0.6) is 0 Å². The molecule has 73 valence electrons. The first-order valence-corrected chi connectivity index (χ1v) is 4.05. The van der Waals surface area contributed by atoms with Crippen molar-refractivity contribution in [3.05, 3.63) is 29.3 Å². The second-order valence-corrected chi connectivity index (χ2v) is 2.84. The quantitative estimate of drug-likeness (QED) is 0.400. The van der Waals surface area contributed by atoms with E-state index in [4.69, 9.17) is 0 Å². The molecule has 0 aliphatic heterocycles. The van der Waals surface area contributed by atoms with E-state index in [0.29, 0.717) is 0 Å². The summed E-state index contributed by atoms with van der Waals surface area (Å²) in [7, 11) is 0. The van der Waals surface area contributed by atoms with Gasteiger partial charge in [0.05, 0.1) is 0 Å². The summed E-state index contributed by atoms with van der Waals surface area (Å²) < 4.78 is 0. The minimum Gasteiger partial charge on any atom is -1.00 e. The van der Waals surface area contributed by atoms with Crippen LogP contribution in [-0.2, 0) is 28.1 Å². The van der Waals surface area contributed by atoms with Gasteiger partial charge in [-0.25, -0.2) is 12.1 Å². The monoisotopic (exact) mass is 253 g/mol. The van der Waals surface area contributed by atoms with Gasteiger partial charge in [0.15, 0.2) is 0 Å². The van der Waals surface area contributed by atoms with Gasteiger partial charge in [-0.15, -0.1) is 0 Å². The molecule has 0 amide bonds. The molecule has 0 fully saturated rings. The molecule has 0 unspecified atom stereocenters. The van der Waals surface area contributed by atoms with E-state index in [1.54, 1.807) is 0 Å². The first-order chi connectivity index (χ1) is 4.84. The molecule has 0 nitrogen and oxygen atoms in total. The Morgan fingerprint density at radius 3 is 2.31 bits per heavy atom. The van der Waals surface area contributed by atoms with Gasteiger partial charge >= 0.3 is 21.7 Å². The van der Waals surface area contributed by atoms with Crippen molar-refractivity contribution in [1.29, 1.82) is 0 Å². The maximum absolute atomic E-state index is 2.23. The topological polar surface area (TPSA) is 0 Å². The van der Waals surface area contributed by atoms with Gasteiger partial charge in [-0.3, -0.25) is 0 Å². The second kappa shape index (κ2) is 10.7. The normalized spacial score (nSPS) is 7.85. The first-order valence-electron chi connectivity index (χ1n) is 4.05. The Bertz CT molecular complexity index is 197. The molecule has 0 saturated carbocycles. The average Bonchev–Trinajstić information content (AvgIpc) is 2.31. The molecular weight excluding hydrogens is 239 g/mol. The summed E-state index contributed by atoms with van der Waals surface area (Å²) in [4.78, 5) is 0. The Morgan fingerprint density at radius 1 is 1.31 bits per heavy atom. The zero-order valence-corrected chi connectivity index (χ0v) is 11.2. The second-order valence-electron chi connectivity index (χ2n) is 2.84. The van der Waals surface area contributed by atoms with E-state index in [1.807, 2.05) is 0 Å². The third-order valence-electron chi connectivity index (χ3n) is 1.95. The minimum absolute atomic E-state index is 0. The molecule has 0 N–H and O–H groups in total. The number of rotatable bonds is 3. The van der Waals surface area contributed by atoms with E-state index >= 15 is 0 Å². The van der Waals surface area contributed by atoms with Crippen molar-refractivity contribution in [1.82, 2.24) is 0 Å². The van der Waals surface area contributed by atoms with Gasteiger partial charge in [0.25, 0.3) is 0 Å². The van der Waals surface area contributed by atoms with Crippen LogP contribution in [0, 0.1) is 6.92 Å². The summed E-state index contributed by atoms with van der Waals surface area (Å²) in [5.41, 5.74) is 2.98. The van der Waals surface area contributed by atoms with E-state index in [9.17, 15) is 0 Å². The van der Waals surface area contributed by atoms with Crippen molar-refractivity contribution in [2.45, 2.75) is 33.1 Å². The molecule has 0 atom stereocenters. The summed E-state index contributed by atoms with van der Waals surface area (Å²) in [6.45, 7) is 4.42. The van der Waals surface area contributed by atoms with E-state index in [2.05, 4.69) is 32.0 Å². The van der Waals surface area contributed by atoms with Crippen LogP contribution in [0.2, 0.25) is 0 Å². The van der Waals surface area contributed by atoms with Crippen molar-refractivity contribution in [3.8, 4) is 0 Å². The molecule has 0 heterocycles. The predicted molar refractivity (Wildman–Crippen MR) is 45.4 cm³/mol. The Labute approximate surface area is 109 Å². The summed E-state index contributed by atoms with van der Waals surface area (Å²) in [5, 5.41) is 0. The Hall–Kier alpha value is 0.644. The fourth-order valence-electron chi connectivity index (χ4n) is 1.19. The minimum atomic E-state index is 0. The number of halogens is 2. The molecule has 13 heavy (non-hydrogen) atoms. The van der Waals surface area contributed by atoms with Crippen molar-refractivity contribution >= 4 is 0 Å². The summed E-state index contributed by atoms with van der Waals surface area (Å²) >= 11 is 0.